The molecule has 104 valence electrons. The van der Waals surface area contributed by atoms with E-state index in [1.807, 2.05) is 11.0 Å². The van der Waals surface area contributed by atoms with Crippen LogP contribution >= 0.6 is 11.8 Å². The fourth-order valence-corrected chi connectivity index (χ4v) is 2.97. The molecular weight excluding hydrogens is 260 g/mol. The Morgan fingerprint density at radius 3 is 3.00 bits per heavy atom. The smallest absolute Gasteiger partial charge is 0.227 e. The molecule has 1 aromatic carbocycles. The minimum atomic E-state index is 0.187. The number of nitrogens with zero attached hydrogens (tertiary/aromatic N) is 1. The molecule has 0 atom stereocenters. The van der Waals surface area contributed by atoms with E-state index in [0.29, 0.717) is 26.1 Å². The van der Waals surface area contributed by atoms with Crippen molar-refractivity contribution in [1.29, 1.82) is 0 Å². The molecular formula is C14H20N2O2S. The summed E-state index contributed by atoms with van der Waals surface area (Å²) in [5.41, 5.74) is 7.80. The third kappa shape index (κ3) is 3.49. The van der Waals surface area contributed by atoms with E-state index in [1.54, 1.807) is 18.9 Å². The molecule has 1 amide bonds. The Labute approximate surface area is 118 Å². The highest BCUT2D eigenvalue weighted by molar-refractivity contribution is 7.99. The highest BCUT2D eigenvalue weighted by Crippen LogP contribution is 2.31. The molecule has 1 aliphatic rings. The fraction of sp³-hybridized carbons (Fsp3) is 0.500. The SMILES string of the molecule is COCCN1C(=O)CCc2cc(SCCN)ccc21. The number of nitrogens with two attached hydrogens (primary N) is 1. The monoisotopic (exact) mass is 280 g/mol. The van der Waals surface area contributed by atoms with Gasteiger partial charge in [-0.15, -0.1) is 11.8 Å². The lowest BCUT2D eigenvalue weighted by Gasteiger charge is -2.29. The highest BCUT2D eigenvalue weighted by Gasteiger charge is 2.23. The number of carbonyl (C=O) groups excluding carboxylic acids is 1. The van der Waals surface area contributed by atoms with Crippen LogP contribution in [0.25, 0.3) is 0 Å². The Morgan fingerprint density at radius 1 is 1.42 bits per heavy atom. The number of amides is 1. The molecule has 0 spiro atoms. The first-order chi connectivity index (χ1) is 9.26. The Hall–Kier alpha value is -1.04. The summed E-state index contributed by atoms with van der Waals surface area (Å²) in [6.45, 7) is 1.87. The zero-order valence-electron chi connectivity index (χ0n) is 11.2. The predicted octanol–water partition coefficient (Wildman–Crippen LogP) is 1.66. The van der Waals surface area contributed by atoms with Gasteiger partial charge in [0.05, 0.1) is 6.61 Å². The number of thioether (sulfide) groups is 1. The summed E-state index contributed by atoms with van der Waals surface area (Å²) in [7, 11) is 1.65. The molecule has 0 aromatic heterocycles. The molecule has 0 saturated heterocycles. The predicted molar refractivity (Wildman–Crippen MR) is 78.8 cm³/mol. The third-order valence-electron chi connectivity index (χ3n) is 3.16. The molecule has 0 aliphatic carbocycles. The molecule has 5 heteroatoms. The number of benzene rings is 1. The van der Waals surface area contributed by atoms with Gasteiger partial charge in [-0.25, -0.2) is 0 Å². The minimum Gasteiger partial charge on any atom is -0.383 e. The van der Waals surface area contributed by atoms with Crippen LogP contribution in [0.15, 0.2) is 23.1 Å². The molecule has 0 bridgehead atoms. The number of aryl methyl sites for hydroxylation is 1. The number of anilines is 1. The van der Waals surface area contributed by atoms with Crippen LogP contribution in [0, 0.1) is 0 Å². The van der Waals surface area contributed by atoms with Gasteiger partial charge < -0.3 is 15.4 Å². The maximum atomic E-state index is 12.0. The summed E-state index contributed by atoms with van der Waals surface area (Å²) in [6.07, 6.45) is 1.41. The van der Waals surface area contributed by atoms with E-state index in [4.69, 9.17) is 10.5 Å². The van der Waals surface area contributed by atoms with Gasteiger partial charge in [0.25, 0.3) is 0 Å². The number of carbonyl (C=O) groups is 1. The van der Waals surface area contributed by atoms with E-state index in [2.05, 4.69) is 12.1 Å². The zero-order valence-corrected chi connectivity index (χ0v) is 12.0. The van der Waals surface area contributed by atoms with Crippen molar-refractivity contribution >= 4 is 23.4 Å². The Morgan fingerprint density at radius 2 is 2.26 bits per heavy atom. The van der Waals surface area contributed by atoms with Gasteiger partial charge >= 0.3 is 0 Å². The zero-order chi connectivity index (χ0) is 13.7. The van der Waals surface area contributed by atoms with E-state index >= 15 is 0 Å². The lowest BCUT2D eigenvalue weighted by atomic mass is 10.0. The topological polar surface area (TPSA) is 55.6 Å². The summed E-state index contributed by atoms with van der Waals surface area (Å²) in [5.74, 6) is 1.11. The van der Waals surface area contributed by atoms with E-state index in [1.165, 1.54) is 10.5 Å². The van der Waals surface area contributed by atoms with E-state index < -0.39 is 0 Å². The fourth-order valence-electron chi connectivity index (χ4n) is 2.23. The van der Waals surface area contributed by atoms with Crippen molar-refractivity contribution < 1.29 is 9.53 Å². The molecule has 1 aromatic rings. The Bertz CT molecular complexity index is 451. The van der Waals surface area contributed by atoms with Crippen LogP contribution in [0.5, 0.6) is 0 Å². The summed E-state index contributed by atoms with van der Waals surface area (Å²) in [4.78, 5) is 15.0. The molecule has 0 unspecified atom stereocenters. The van der Waals surface area contributed by atoms with Crippen LogP contribution in [0.4, 0.5) is 5.69 Å². The molecule has 0 fully saturated rings. The second-order valence-corrected chi connectivity index (χ2v) is 5.63. The van der Waals surface area contributed by atoms with Gasteiger partial charge in [-0.1, -0.05) is 0 Å². The van der Waals surface area contributed by atoms with Gasteiger partial charge in [0.2, 0.25) is 5.91 Å². The lowest BCUT2D eigenvalue weighted by molar-refractivity contribution is -0.119. The molecule has 19 heavy (non-hydrogen) atoms. The second-order valence-electron chi connectivity index (χ2n) is 4.47. The van der Waals surface area contributed by atoms with Crippen molar-refractivity contribution in [3.8, 4) is 0 Å². The first-order valence-corrected chi connectivity index (χ1v) is 7.50. The van der Waals surface area contributed by atoms with Crippen LogP contribution in [-0.4, -0.2) is 38.5 Å². The maximum Gasteiger partial charge on any atom is 0.227 e. The van der Waals surface area contributed by atoms with Crippen molar-refractivity contribution in [3.63, 3.8) is 0 Å². The van der Waals surface area contributed by atoms with Crippen molar-refractivity contribution in [2.45, 2.75) is 17.7 Å². The first-order valence-electron chi connectivity index (χ1n) is 6.51. The standard InChI is InChI=1S/C14H20N2O2S/c1-18-8-7-16-13-4-3-12(19-9-6-15)10-11(13)2-5-14(16)17/h3-4,10H,2,5-9,15H2,1H3. The number of methoxy groups -OCH3 is 1. The van der Waals surface area contributed by atoms with Gasteiger partial charge in [0.15, 0.2) is 0 Å². The number of ether oxygens (including phenoxy) is 1. The van der Waals surface area contributed by atoms with E-state index in [-0.39, 0.29) is 5.91 Å². The summed E-state index contributed by atoms with van der Waals surface area (Å²) in [5, 5.41) is 0. The van der Waals surface area contributed by atoms with Crippen LogP contribution in [0.1, 0.15) is 12.0 Å². The third-order valence-corrected chi connectivity index (χ3v) is 4.18. The first kappa shape index (κ1) is 14.4. The van der Waals surface area contributed by atoms with Gasteiger partial charge in [0.1, 0.15) is 0 Å². The maximum absolute atomic E-state index is 12.0. The Balaban J connectivity index is 2.18. The van der Waals surface area contributed by atoms with Crippen LogP contribution < -0.4 is 10.6 Å². The van der Waals surface area contributed by atoms with Crippen molar-refractivity contribution in [1.82, 2.24) is 0 Å². The summed E-state index contributed by atoms with van der Waals surface area (Å²) < 4.78 is 5.07. The van der Waals surface area contributed by atoms with Gasteiger partial charge in [-0.2, -0.15) is 0 Å². The van der Waals surface area contributed by atoms with Crippen molar-refractivity contribution in [3.05, 3.63) is 23.8 Å². The van der Waals surface area contributed by atoms with Gasteiger partial charge in [-0.05, 0) is 30.2 Å². The average molecular weight is 280 g/mol. The highest BCUT2D eigenvalue weighted by atomic mass is 32.2. The summed E-state index contributed by atoms with van der Waals surface area (Å²) >= 11 is 1.76. The molecule has 0 radical (unpaired) electrons. The van der Waals surface area contributed by atoms with Crippen LogP contribution in [0.3, 0.4) is 0 Å². The van der Waals surface area contributed by atoms with Gasteiger partial charge in [-0.3, -0.25) is 4.79 Å². The van der Waals surface area contributed by atoms with Crippen LogP contribution in [0.2, 0.25) is 0 Å². The number of hydrogen-bond acceptors (Lipinski definition) is 4. The molecule has 1 heterocycles. The quantitative estimate of drug-likeness (QED) is 0.805. The normalized spacial score (nSPS) is 14.6. The summed E-state index contributed by atoms with van der Waals surface area (Å²) in [6, 6.07) is 6.29. The minimum absolute atomic E-state index is 0.187. The molecule has 2 rings (SSSR count). The van der Waals surface area contributed by atoms with Crippen LogP contribution in [-0.2, 0) is 16.0 Å². The molecule has 4 nitrogen and oxygen atoms in total. The largest absolute Gasteiger partial charge is 0.383 e. The number of hydrogen-bond donors (Lipinski definition) is 1. The van der Waals surface area contributed by atoms with Crippen molar-refractivity contribution in [2.75, 3.05) is 37.5 Å². The molecule has 1 aliphatic heterocycles. The lowest BCUT2D eigenvalue weighted by Crippen LogP contribution is -2.37. The number of fused-ring (bicyclic) bond motifs is 1. The molecule has 0 saturated carbocycles. The van der Waals surface area contributed by atoms with E-state index in [9.17, 15) is 4.79 Å². The Kier molecular flexibility index (Phi) is 5.24. The average Bonchev–Trinajstić information content (AvgIpc) is 2.44. The second kappa shape index (κ2) is 6.93. The van der Waals surface area contributed by atoms with E-state index in [0.717, 1.165) is 17.9 Å². The van der Waals surface area contributed by atoms with Crippen molar-refractivity contribution in [2.24, 2.45) is 5.73 Å². The molecule has 2 N–H and O–H groups in total. The number of rotatable bonds is 6. The van der Waals surface area contributed by atoms with Gasteiger partial charge in [0, 0.05) is 43.0 Å².